The largest absolute Gasteiger partial charge is 0.481 e. The number of rotatable bonds is 3. The van der Waals surface area contributed by atoms with Crippen LogP contribution in [0.2, 0.25) is 0 Å². The van der Waals surface area contributed by atoms with Crippen molar-refractivity contribution in [3.63, 3.8) is 0 Å². The van der Waals surface area contributed by atoms with Crippen LogP contribution in [0, 0.1) is 19.8 Å². The predicted molar refractivity (Wildman–Crippen MR) is 81.6 cm³/mol. The molecular formula is C16H22N2O3. The van der Waals surface area contributed by atoms with E-state index in [2.05, 4.69) is 5.32 Å². The van der Waals surface area contributed by atoms with Gasteiger partial charge in [0.2, 0.25) is 0 Å². The Kier molecular flexibility index (Phi) is 4.50. The number of carbonyl (C=O) groups is 2. The predicted octanol–water partition coefficient (Wildman–Crippen LogP) is 2.70. The van der Waals surface area contributed by atoms with Crippen molar-refractivity contribution in [3.05, 3.63) is 29.3 Å². The third-order valence-corrected chi connectivity index (χ3v) is 4.16. The summed E-state index contributed by atoms with van der Waals surface area (Å²) in [6.07, 6.45) is 2.20. The van der Waals surface area contributed by atoms with E-state index in [9.17, 15) is 9.59 Å². The molecule has 2 rings (SSSR count). The third kappa shape index (κ3) is 3.35. The second kappa shape index (κ2) is 6.16. The number of nitrogens with one attached hydrogen (secondary N) is 1. The zero-order valence-corrected chi connectivity index (χ0v) is 12.7. The minimum absolute atomic E-state index is 0.250. The van der Waals surface area contributed by atoms with E-state index in [4.69, 9.17) is 5.11 Å². The Labute approximate surface area is 125 Å². The number of amides is 2. The molecule has 0 aromatic heterocycles. The van der Waals surface area contributed by atoms with E-state index in [-0.39, 0.29) is 12.1 Å². The maximum absolute atomic E-state index is 12.3. The fraction of sp³-hybridized carbons (Fsp3) is 0.500. The Bertz CT molecular complexity index is 556. The Balaban J connectivity index is 2.07. The van der Waals surface area contributed by atoms with E-state index in [1.165, 1.54) is 0 Å². The highest BCUT2D eigenvalue weighted by molar-refractivity contribution is 5.92. The van der Waals surface area contributed by atoms with Gasteiger partial charge in [0.25, 0.3) is 0 Å². The Morgan fingerprint density at radius 2 is 2.00 bits per heavy atom. The molecule has 1 aromatic carbocycles. The molecule has 1 saturated carbocycles. The van der Waals surface area contributed by atoms with Crippen LogP contribution < -0.4 is 10.2 Å². The summed E-state index contributed by atoms with van der Waals surface area (Å²) in [7, 11) is 1.71. The van der Waals surface area contributed by atoms with Gasteiger partial charge in [-0.25, -0.2) is 4.79 Å². The van der Waals surface area contributed by atoms with E-state index in [0.29, 0.717) is 6.42 Å². The van der Waals surface area contributed by atoms with Gasteiger partial charge in [-0.3, -0.25) is 9.69 Å². The molecule has 1 aliphatic rings. The SMILES string of the molecule is Cc1ccc(N(C)C(=O)NC2CCCC2C(=O)O)c(C)c1. The molecule has 0 bridgehead atoms. The van der Waals surface area contributed by atoms with Crippen LogP contribution >= 0.6 is 0 Å². The molecule has 2 unspecified atom stereocenters. The van der Waals surface area contributed by atoms with E-state index in [1.807, 2.05) is 32.0 Å². The van der Waals surface area contributed by atoms with Gasteiger partial charge in [0.15, 0.2) is 0 Å². The fourth-order valence-electron chi connectivity index (χ4n) is 2.97. The lowest BCUT2D eigenvalue weighted by molar-refractivity contribution is -0.142. The highest BCUT2D eigenvalue weighted by Gasteiger charge is 2.34. The standard InChI is InChI=1S/C16H22N2O3/c1-10-7-8-14(11(2)9-10)18(3)16(21)17-13-6-4-5-12(13)15(19)20/h7-9,12-13H,4-6H2,1-3H3,(H,17,21)(H,19,20). The quantitative estimate of drug-likeness (QED) is 0.899. The van der Waals surface area contributed by atoms with Gasteiger partial charge in [-0.05, 0) is 38.3 Å². The molecule has 0 heterocycles. The Morgan fingerprint density at radius 1 is 1.29 bits per heavy atom. The van der Waals surface area contributed by atoms with Crippen molar-refractivity contribution in [1.29, 1.82) is 0 Å². The van der Waals surface area contributed by atoms with Crippen LogP contribution in [0.1, 0.15) is 30.4 Å². The zero-order valence-electron chi connectivity index (χ0n) is 12.7. The number of hydrogen-bond donors (Lipinski definition) is 2. The summed E-state index contributed by atoms with van der Waals surface area (Å²) in [6, 6.07) is 5.37. The van der Waals surface area contributed by atoms with E-state index in [1.54, 1.807) is 11.9 Å². The summed E-state index contributed by atoms with van der Waals surface area (Å²) in [6.45, 7) is 3.97. The molecular weight excluding hydrogens is 268 g/mol. The van der Waals surface area contributed by atoms with Crippen molar-refractivity contribution in [3.8, 4) is 0 Å². The third-order valence-electron chi connectivity index (χ3n) is 4.16. The molecule has 2 N–H and O–H groups in total. The topological polar surface area (TPSA) is 69.6 Å². The number of anilines is 1. The second-order valence-electron chi connectivity index (χ2n) is 5.78. The molecule has 2 atom stereocenters. The molecule has 21 heavy (non-hydrogen) atoms. The summed E-state index contributed by atoms with van der Waals surface area (Å²) in [5.74, 6) is -1.30. The van der Waals surface area contributed by atoms with Crippen LogP contribution in [0.15, 0.2) is 18.2 Å². The lowest BCUT2D eigenvalue weighted by Crippen LogP contribution is -2.46. The molecule has 5 nitrogen and oxygen atoms in total. The summed E-state index contributed by atoms with van der Waals surface area (Å²) in [4.78, 5) is 25.0. The van der Waals surface area contributed by atoms with Gasteiger partial charge < -0.3 is 10.4 Å². The molecule has 2 amide bonds. The molecule has 0 spiro atoms. The lowest BCUT2D eigenvalue weighted by atomic mass is 10.0. The van der Waals surface area contributed by atoms with Gasteiger partial charge in [-0.2, -0.15) is 0 Å². The number of aliphatic carboxylic acids is 1. The summed E-state index contributed by atoms with van der Waals surface area (Å²) >= 11 is 0. The molecule has 5 heteroatoms. The number of hydrogen-bond acceptors (Lipinski definition) is 2. The molecule has 0 aliphatic heterocycles. The normalized spacial score (nSPS) is 21.1. The molecule has 1 fully saturated rings. The van der Waals surface area contributed by atoms with E-state index >= 15 is 0 Å². The molecule has 1 aliphatic carbocycles. The van der Waals surface area contributed by atoms with Crippen molar-refractivity contribution in [2.45, 2.75) is 39.2 Å². The molecule has 1 aromatic rings. The monoisotopic (exact) mass is 290 g/mol. The van der Waals surface area contributed by atoms with Crippen molar-refractivity contribution in [2.75, 3.05) is 11.9 Å². The van der Waals surface area contributed by atoms with Gasteiger partial charge in [-0.1, -0.05) is 24.1 Å². The van der Waals surface area contributed by atoms with Crippen LogP contribution in [0.25, 0.3) is 0 Å². The van der Waals surface area contributed by atoms with Gasteiger partial charge in [0.05, 0.1) is 5.92 Å². The maximum atomic E-state index is 12.3. The number of nitrogens with zero attached hydrogens (tertiary/aromatic N) is 1. The molecule has 0 saturated heterocycles. The minimum atomic E-state index is -0.827. The number of carbonyl (C=O) groups excluding carboxylic acids is 1. The number of aryl methyl sites for hydroxylation is 2. The fourth-order valence-corrected chi connectivity index (χ4v) is 2.97. The van der Waals surface area contributed by atoms with E-state index < -0.39 is 11.9 Å². The minimum Gasteiger partial charge on any atom is -0.481 e. The van der Waals surface area contributed by atoms with Crippen molar-refractivity contribution >= 4 is 17.7 Å². The highest BCUT2D eigenvalue weighted by atomic mass is 16.4. The zero-order chi connectivity index (χ0) is 15.6. The maximum Gasteiger partial charge on any atom is 0.321 e. The number of benzene rings is 1. The first-order chi connectivity index (χ1) is 9.90. The van der Waals surface area contributed by atoms with Gasteiger partial charge in [-0.15, -0.1) is 0 Å². The summed E-state index contributed by atoms with van der Waals surface area (Å²) in [5, 5.41) is 12.0. The average Bonchev–Trinajstić information content (AvgIpc) is 2.86. The van der Waals surface area contributed by atoms with Crippen LogP contribution in [0.4, 0.5) is 10.5 Å². The number of carboxylic acids is 1. The Morgan fingerprint density at radius 3 is 2.62 bits per heavy atom. The van der Waals surface area contributed by atoms with Crippen molar-refractivity contribution in [2.24, 2.45) is 5.92 Å². The average molecular weight is 290 g/mol. The van der Waals surface area contributed by atoms with Gasteiger partial charge in [0, 0.05) is 18.8 Å². The van der Waals surface area contributed by atoms with Crippen LogP contribution in [-0.4, -0.2) is 30.2 Å². The lowest BCUT2D eigenvalue weighted by Gasteiger charge is -2.24. The first-order valence-electron chi connectivity index (χ1n) is 7.24. The smallest absolute Gasteiger partial charge is 0.321 e. The summed E-state index contributed by atoms with van der Waals surface area (Å²) < 4.78 is 0. The van der Waals surface area contributed by atoms with Crippen LogP contribution in [-0.2, 0) is 4.79 Å². The number of urea groups is 1. The van der Waals surface area contributed by atoms with Crippen LogP contribution in [0.3, 0.4) is 0 Å². The van der Waals surface area contributed by atoms with Gasteiger partial charge >= 0.3 is 12.0 Å². The van der Waals surface area contributed by atoms with Crippen molar-refractivity contribution in [1.82, 2.24) is 5.32 Å². The van der Waals surface area contributed by atoms with Gasteiger partial charge in [0.1, 0.15) is 0 Å². The van der Waals surface area contributed by atoms with Crippen molar-refractivity contribution < 1.29 is 14.7 Å². The first kappa shape index (κ1) is 15.4. The van der Waals surface area contributed by atoms with E-state index in [0.717, 1.165) is 29.7 Å². The number of carboxylic acid groups (broad SMARTS) is 1. The van der Waals surface area contributed by atoms with Crippen LogP contribution in [0.5, 0.6) is 0 Å². The first-order valence-corrected chi connectivity index (χ1v) is 7.24. The highest BCUT2D eigenvalue weighted by Crippen LogP contribution is 2.26. The molecule has 114 valence electrons. The Hall–Kier alpha value is -2.04. The second-order valence-corrected chi connectivity index (χ2v) is 5.78. The summed E-state index contributed by atoms with van der Waals surface area (Å²) in [5.41, 5.74) is 3.00. The molecule has 0 radical (unpaired) electrons.